The number of carbonyl (C=O) groups is 1. The molecule has 1 aliphatic carbocycles. The molecule has 3 aliphatic rings. The van der Waals surface area contributed by atoms with Crippen molar-refractivity contribution in [2.45, 2.75) is 44.2 Å². The molecule has 1 aromatic carbocycles. The van der Waals surface area contributed by atoms with Gasteiger partial charge in [-0.15, -0.1) is 0 Å². The highest BCUT2D eigenvalue weighted by atomic mass is 32.2. The largest absolute Gasteiger partial charge is 0.360 e. The predicted octanol–water partition coefficient (Wildman–Crippen LogP) is 0.350. The van der Waals surface area contributed by atoms with Crippen LogP contribution in [-0.2, 0) is 14.6 Å². The van der Waals surface area contributed by atoms with E-state index in [2.05, 4.69) is 29.2 Å². The number of carbonyl (C=O) groups excluding carboxylic acids is 1. The standard InChI is InChI=1S/C21H31N3O3S/c25-21(16-22-11-13-23(14-12-22)18-6-2-1-3-7-18)24(19-8-4-5-9-19)20-10-15-28(26,27)17-20/h1-3,6-7,19-20H,4-5,8-17H2/p+1/t20-/m0/s1. The van der Waals surface area contributed by atoms with E-state index in [0.717, 1.165) is 51.9 Å². The number of nitrogens with zero attached hydrogens (tertiary/aromatic N) is 2. The van der Waals surface area contributed by atoms with Gasteiger partial charge in [0.15, 0.2) is 16.4 Å². The molecule has 154 valence electrons. The van der Waals surface area contributed by atoms with Gasteiger partial charge in [-0.25, -0.2) is 8.42 Å². The van der Waals surface area contributed by atoms with Gasteiger partial charge in [0.1, 0.15) is 0 Å². The number of rotatable bonds is 5. The summed E-state index contributed by atoms with van der Waals surface area (Å²) in [6.45, 7) is 4.29. The molecule has 3 fully saturated rings. The average molecular weight is 407 g/mol. The lowest BCUT2D eigenvalue weighted by Gasteiger charge is -2.37. The third-order valence-corrected chi connectivity index (χ3v) is 8.35. The zero-order valence-corrected chi connectivity index (χ0v) is 17.4. The Morgan fingerprint density at radius 2 is 1.71 bits per heavy atom. The van der Waals surface area contributed by atoms with Crippen LogP contribution in [0.25, 0.3) is 0 Å². The Hall–Kier alpha value is -1.60. The lowest BCUT2D eigenvalue weighted by atomic mass is 10.1. The summed E-state index contributed by atoms with van der Waals surface area (Å²) in [7, 11) is -2.98. The fourth-order valence-corrected chi connectivity index (χ4v) is 6.80. The molecule has 28 heavy (non-hydrogen) atoms. The molecule has 2 saturated heterocycles. The Labute approximate surface area is 168 Å². The number of benzene rings is 1. The summed E-state index contributed by atoms with van der Waals surface area (Å²) in [5, 5.41) is 0. The van der Waals surface area contributed by atoms with Gasteiger partial charge in [-0.1, -0.05) is 31.0 Å². The number of para-hydroxylation sites is 1. The molecule has 2 heterocycles. The first-order valence-corrected chi connectivity index (χ1v) is 12.5. The van der Waals surface area contributed by atoms with Crippen LogP contribution in [0.1, 0.15) is 32.1 Å². The highest BCUT2D eigenvalue weighted by Gasteiger charge is 2.40. The van der Waals surface area contributed by atoms with Gasteiger partial charge in [0.05, 0.1) is 37.7 Å². The molecule has 4 rings (SSSR count). The monoisotopic (exact) mass is 406 g/mol. The Morgan fingerprint density at radius 3 is 2.32 bits per heavy atom. The second kappa shape index (κ2) is 8.41. The van der Waals surface area contributed by atoms with Gasteiger partial charge in [-0.05, 0) is 31.4 Å². The number of sulfone groups is 1. The van der Waals surface area contributed by atoms with E-state index in [4.69, 9.17) is 0 Å². The van der Waals surface area contributed by atoms with Crippen molar-refractivity contribution in [2.75, 3.05) is 49.1 Å². The van der Waals surface area contributed by atoms with Crippen molar-refractivity contribution < 1.29 is 18.1 Å². The van der Waals surface area contributed by atoms with E-state index in [-0.39, 0.29) is 29.5 Å². The van der Waals surface area contributed by atoms with Gasteiger partial charge in [-0.3, -0.25) is 4.79 Å². The third-order valence-electron chi connectivity index (χ3n) is 6.60. The quantitative estimate of drug-likeness (QED) is 0.767. The molecule has 0 aromatic heterocycles. The van der Waals surface area contributed by atoms with Crippen LogP contribution < -0.4 is 9.80 Å². The third kappa shape index (κ3) is 4.51. The summed E-state index contributed by atoms with van der Waals surface area (Å²) >= 11 is 0. The van der Waals surface area contributed by atoms with Crippen molar-refractivity contribution in [3.05, 3.63) is 30.3 Å². The van der Waals surface area contributed by atoms with Crippen molar-refractivity contribution in [1.82, 2.24) is 4.90 Å². The van der Waals surface area contributed by atoms with E-state index in [9.17, 15) is 13.2 Å². The van der Waals surface area contributed by atoms with Crippen LogP contribution in [0.2, 0.25) is 0 Å². The minimum Gasteiger partial charge on any atom is -0.360 e. The summed E-state index contributed by atoms with van der Waals surface area (Å²) in [5.41, 5.74) is 1.25. The van der Waals surface area contributed by atoms with E-state index in [1.165, 1.54) is 10.6 Å². The second-order valence-electron chi connectivity index (χ2n) is 8.55. The van der Waals surface area contributed by atoms with Crippen LogP contribution in [0.4, 0.5) is 5.69 Å². The number of nitrogens with one attached hydrogen (secondary N) is 1. The molecular weight excluding hydrogens is 374 g/mol. The number of anilines is 1. The molecular formula is C21H32N3O3S+. The van der Waals surface area contributed by atoms with E-state index < -0.39 is 9.84 Å². The van der Waals surface area contributed by atoms with Crippen molar-refractivity contribution in [3.8, 4) is 0 Å². The molecule has 0 bridgehead atoms. The Balaban J connectivity index is 1.37. The number of hydrogen-bond acceptors (Lipinski definition) is 4. The van der Waals surface area contributed by atoms with E-state index in [1.54, 1.807) is 0 Å². The molecule has 0 spiro atoms. The molecule has 2 aliphatic heterocycles. The zero-order chi connectivity index (χ0) is 19.6. The van der Waals surface area contributed by atoms with Crippen LogP contribution in [0, 0.1) is 0 Å². The first kappa shape index (κ1) is 19.7. The maximum atomic E-state index is 13.2. The van der Waals surface area contributed by atoms with Gasteiger partial charge >= 0.3 is 0 Å². The summed E-state index contributed by atoms with van der Waals surface area (Å²) < 4.78 is 24.0. The van der Waals surface area contributed by atoms with Crippen LogP contribution in [0.15, 0.2) is 30.3 Å². The Morgan fingerprint density at radius 1 is 1.04 bits per heavy atom. The van der Waals surface area contributed by atoms with Crippen LogP contribution in [0.3, 0.4) is 0 Å². The number of piperazine rings is 1. The maximum Gasteiger partial charge on any atom is 0.278 e. The lowest BCUT2D eigenvalue weighted by molar-refractivity contribution is -0.892. The highest BCUT2D eigenvalue weighted by molar-refractivity contribution is 7.91. The summed E-state index contributed by atoms with van der Waals surface area (Å²) in [6.07, 6.45) is 4.97. The summed E-state index contributed by atoms with van der Waals surface area (Å²) in [4.78, 5) is 18.9. The summed E-state index contributed by atoms with van der Waals surface area (Å²) in [6, 6.07) is 10.6. The SMILES string of the molecule is O=C(C[NH+]1CCN(c2ccccc2)CC1)N(C1CCCC1)[C@H]1CCS(=O)(=O)C1. The highest BCUT2D eigenvalue weighted by Crippen LogP contribution is 2.29. The molecule has 1 N–H and O–H groups in total. The first-order chi connectivity index (χ1) is 13.5. The topological polar surface area (TPSA) is 62.1 Å². The second-order valence-corrected chi connectivity index (χ2v) is 10.8. The maximum absolute atomic E-state index is 13.2. The van der Waals surface area contributed by atoms with E-state index >= 15 is 0 Å². The van der Waals surface area contributed by atoms with Gasteiger partial charge in [0, 0.05) is 17.8 Å². The number of hydrogen-bond donors (Lipinski definition) is 1. The van der Waals surface area contributed by atoms with Crippen molar-refractivity contribution >= 4 is 21.4 Å². The lowest BCUT2D eigenvalue weighted by Crippen LogP contribution is -3.16. The molecule has 0 unspecified atom stereocenters. The fraction of sp³-hybridized carbons (Fsp3) is 0.667. The van der Waals surface area contributed by atoms with Gasteiger partial charge in [0.25, 0.3) is 5.91 Å². The molecule has 7 heteroatoms. The average Bonchev–Trinajstić information content (AvgIpc) is 3.33. The van der Waals surface area contributed by atoms with Gasteiger partial charge < -0.3 is 14.7 Å². The molecule has 1 saturated carbocycles. The molecule has 1 aromatic rings. The van der Waals surface area contributed by atoms with Crippen molar-refractivity contribution in [1.29, 1.82) is 0 Å². The van der Waals surface area contributed by atoms with Gasteiger partial charge in [0.2, 0.25) is 0 Å². The Bertz CT molecular complexity index is 769. The Kier molecular flexibility index (Phi) is 5.92. The normalized spacial score (nSPS) is 25.9. The van der Waals surface area contributed by atoms with Crippen molar-refractivity contribution in [2.24, 2.45) is 0 Å². The van der Waals surface area contributed by atoms with Crippen molar-refractivity contribution in [3.63, 3.8) is 0 Å². The first-order valence-electron chi connectivity index (χ1n) is 10.7. The zero-order valence-electron chi connectivity index (χ0n) is 16.6. The van der Waals surface area contributed by atoms with E-state index in [1.807, 2.05) is 11.0 Å². The van der Waals surface area contributed by atoms with Gasteiger partial charge in [-0.2, -0.15) is 0 Å². The number of quaternary nitrogens is 1. The van der Waals surface area contributed by atoms with Crippen LogP contribution in [-0.4, -0.2) is 75.5 Å². The van der Waals surface area contributed by atoms with Crippen LogP contribution in [0.5, 0.6) is 0 Å². The molecule has 0 radical (unpaired) electrons. The minimum atomic E-state index is -2.98. The summed E-state index contributed by atoms with van der Waals surface area (Å²) in [5.74, 6) is 0.556. The number of amides is 1. The van der Waals surface area contributed by atoms with Crippen LogP contribution >= 0.6 is 0 Å². The predicted molar refractivity (Wildman–Crippen MR) is 110 cm³/mol. The smallest absolute Gasteiger partial charge is 0.278 e. The molecule has 1 atom stereocenters. The fourth-order valence-electron chi connectivity index (χ4n) is 5.08. The molecule has 6 nitrogen and oxygen atoms in total. The van der Waals surface area contributed by atoms with E-state index in [0.29, 0.717) is 13.0 Å². The minimum absolute atomic E-state index is 0.106. The molecule has 1 amide bonds.